The Morgan fingerprint density at radius 3 is 2.73 bits per heavy atom. The number of aliphatic hydroxyl groups is 1. The molecule has 6 nitrogen and oxygen atoms in total. The van der Waals surface area contributed by atoms with Crippen LogP contribution in [-0.4, -0.2) is 33.8 Å². The van der Waals surface area contributed by atoms with Crippen molar-refractivity contribution in [3.05, 3.63) is 87.6 Å². The van der Waals surface area contributed by atoms with E-state index in [9.17, 15) is 19.1 Å². The minimum absolute atomic E-state index is 0.0124. The van der Waals surface area contributed by atoms with Crippen molar-refractivity contribution in [1.29, 1.82) is 0 Å². The fourth-order valence-electron chi connectivity index (χ4n) is 3.44. The van der Waals surface area contributed by atoms with Gasteiger partial charge in [-0.25, -0.2) is 4.39 Å². The number of halogens is 1. The summed E-state index contributed by atoms with van der Waals surface area (Å²) in [5.41, 5.74) is 0.765. The Bertz CT molecular complexity index is 1130. The zero-order chi connectivity index (χ0) is 21.3. The van der Waals surface area contributed by atoms with Crippen LogP contribution in [0.1, 0.15) is 22.0 Å². The first-order chi connectivity index (χ1) is 14.5. The highest BCUT2D eigenvalue weighted by Crippen LogP contribution is 2.42. The third-order valence-electron chi connectivity index (χ3n) is 4.85. The summed E-state index contributed by atoms with van der Waals surface area (Å²) >= 11 is 1.36. The van der Waals surface area contributed by atoms with E-state index in [0.29, 0.717) is 4.88 Å². The molecule has 1 aliphatic rings. The van der Waals surface area contributed by atoms with E-state index < -0.39 is 29.3 Å². The number of ketones is 1. The number of hydrogen-bond acceptors (Lipinski definition) is 6. The van der Waals surface area contributed by atoms with Gasteiger partial charge in [-0.1, -0.05) is 12.1 Å². The molecule has 3 aromatic rings. The van der Waals surface area contributed by atoms with Crippen molar-refractivity contribution in [2.45, 2.75) is 12.6 Å². The maximum atomic E-state index is 14.2. The first-order valence-electron chi connectivity index (χ1n) is 9.06. The van der Waals surface area contributed by atoms with Crippen molar-refractivity contribution in [1.82, 2.24) is 9.88 Å². The molecule has 1 N–H and O–H groups in total. The SMILES string of the molecule is COc1ccc(/C(O)=C2\C(=O)C(=O)N(Cc3cccnc3)[C@H]2c2cccs2)cc1F. The smallest absolute Gasteiger partial charge is 0.295 e. The Kier molecular flexibility index (Phi) is 5.33. The lowest BCUT2D eigenvalue weighted by Crippen LogP contribution is -2.28. The Hall–Kier alpha value is -3.52. The second kappa shape index (κ2) is 8.08. The van der Waals surface area contributed by atoms with Crippen LogP contribution in [0, 0.1) is 5.82 Å². The molecule has 30 heavy (non-hydrogen) atoms. The molecule has 8 heteroatoms. The zero-order valence-electron chi connectivity index (χ0n) is 15.9. The molecular formula is C22H17FN2O4S. The number of aliphatic hydroxyl groups excluding tert-OH is 1. The maximum Gasteiger partial charge on any atom is 0.295 e. The number of thiophene rings is 1. The van der Waals surface area contributed by atoms with Crippen molar-refractivity contribution >= 4 is 28.8 Å². The summed E-state index contributed by atoms with van der Waals surface area (Å²) in [5, 5.41) is 12.7. The van der Waals surface area contributed by atoms with Crippen molar-refractivity contribution in [2.24, 2.45) is 0 Å². The Balaban J connectivity index is 1.83. The molecule has 0 unspecified atom stereocenters. The summed E-state index contributed by atoms with van der Waals surface area (Å²) in [6.45, 7) is 0.148. The van der Waals surface area contributed by atoms with E-state index in [-0.39, 0.29) is 23.4 Å². The van der Waals surface area contributed by atoms with E-state index >= 15 is 0 Å². The number of carbonyl (C=O) groups excluding carboxylic acids is 2. The standard InChI is InChI=1S/C22H17FN2O4S/c1-29-16-7-6-14(10-15(16)23)20(26)18-19(17-5-3-9-30-17)25(22(28)21(18)27)12-13-4-2-8-24-11-13/h2-11,19,26H,12H2,1H3/b20-18+/t19-/m0/s1. The number of pyridine rings is 1. The summed E-state index contributed by atoms with van der Waals surface area (Å²) in [6.07, 6.45) is 3.23. The van der Waals surface area contributed by atoms with Crippen molar-refractivity contribution in [3.8, 4) is 5.75 Å². The van der Waals surface area contributed by atoms with Crippen LogP contribution in [0.25, 0.3) is 5.76 Å². The van der Waals surface area contributed by atoms with Crippen LogP contribution < -0.4 is 4.74 Å². The lowest BCUT2D eigenvalue weighted by Gasteiger charge is -2.24. The second-order valence-electron chi connectivity index (χ2n) is 6.65. The van der Waals surface area contributed by atoms with E-state index in [2.05, 4.69) is 4.98 Å². The van der Waals surface area contributed by atoms with Gasteiger partial charge >= 0.3 is 0 Å². The molecule has 1 aliphatic heterocycles. The van der Waals surface area contributed by atoms with Gasteiger partial charge in [-0.2, -0.15) is 0 Å². The highest BCUT2D eigenvalue weighted by atomic mass is 32.1. The van der Waals surface area contributed by atoms with Gasteiger partial charge in [0.25, 0.3) is 11.7 Å². The monoisotopic (exact) mass is 424 g/mol. The van der Waals surface area contributed by atoms with E-state index in [4.69, 9.17) is 4.74 Å². The number of rotatable bonds is 5. The molecule has 2 aromatic heterocycles. The molecule has 0 bridgehead atoms. The van der Waals surface area contributed by atoms with Crippen molar-refractivity contribution in [3.63, 3.8) is 0 Å². The number of methoxy groups -OCH3 is 1. The second-order valence-corrected chi connectivity index (χ2v) is 7.63. The van der Waals surface area contributed by atoms with Crippen LogP contribution in [0.4, 0.5) is 4.39 Å². The number of benzene rings is 1. The van der Waals surface area contributed by atoms with E-state index in [1.54, 1.807) is 36.7 Å². The van der Waals surface area contributed by atoms with Gasteiger partial charge < -0.3 is 14.7 Å². The Morgan fingerprint density at radius 2 is 2.10 bits per heavy atom. The third kappa shape index (κ3) is 3.46. The fraction of sp³-hybridized carbons (Fsp3) is 0.136. The van der Waals surface area contributed by atoms with Crippen LogP contribution in [-0.2, 0) is 16.1 Å². The number of aromatic nitrogens is 1. The number of amides is 1. The average molecular weight is 424 g/mol. The molecule has 0 radical (unpaired) electrons. The van der Waals surface area contributed by atoms with E-state index in [1.165, 1.54) is 35.5 Å². The number of nitrogens with zero attached hydrogens (tertiary/aromatic N) is 2. The van der Waals surface area contributed by atoms with Crippen LogP contribution in [0.15, 0.2) is 65.8 Å². The first-order valence-corrected chi connectivity index (χ1v) is 9.94. The molecule has 152 valence electrons. The zero-order valence-corrected chi connectivity index (χ0v) is 16.7. The van der Waals surface area contributed by atoms with Crippen LogP contribution in [0.3, 0.4) is 0 Å². The lowest BCUT2D eigenvalue weighted by atomic mass is 9.99. The summed E-state index contributed by atoms with van der Waals surface area (Å²) < 4.78 is 19.1. The predicted molar refractivity (Wildman–Crippen MR) is 109 cm³/mol. The minimum atomic E-state index is -0.814. The van der Waals surface area contributed by atoms with Crippen LogP contribution >= 0.6 is 11.3 Å². The average Bonchev–Trinajstić information content (AvgIpc) is 3.37. The molecule has 0 saturated carbocycles. The number of hydrogen-bond donors (Lipinski definition) is 1. The predicted octanol–water partition coefficient (Wildman–Crippen LogP) is 3.91. The van der Waals surface area contributed by atoms with Gasteiger partial charge in [-0.05, 0) is 41.3 Å². The van der Waals surface area contributed by atoms with Gasteiger partial charge in [-0.3, -0.25) is 14.6 Å². The normalized spacial score (nSPS) is 18.1. The molecular weight excluding hydrogens is 407 g/mol. The highest BCUT2D eigenvalue weighted by Gasteiger charge is 2.46. The van der Waals surface area contributed by atoms with Crippen molar-refractivity contribution < 1.29 is 23.8 Å². The Morgan fingerprint density at radius 1 is 1.27 bits per heavy atom. The summed E-state index contributed by atoms with van der Waals surface area (Å²) in [6, 6.07) is 10.2. The van der Waals surface area contributed by atoms with Crippen LogP contribution in [0.2, 0.25) is 0 Å². The molecule has 1 fully saturated rings. The van der Waals surface area contributed by atoms with Crippen molar-refractivity contribution in [2.75, 3.05) is 7.11 Å². The molecule has 0 spiro atoms. The van der Waals surface area contributed by atoms with Gasteiger partial charge in [0.05, 0.1) is 18.7 Å². The topological polar surface area (TPSA) is 79.7 Å². The van der Waals surface area contributed by atoms with E-state index in [1.807, 2.05) is 5.38 Å². The maximum absolute atomic E-state index is 14.2. The molecule has 1 atom stereocenters. The molecule has 0 aliphatic carbocycles. The largest absolute Gasteiger partial charge is 0.507 e. The van der Waals surface area contributed by atoms with Gasteiger partial charge in [0, 0.05) is 29.4 Å². The number of carbonyl (C=O) groups is 2. The quantitative estimate of drug-likeness (QED) is 0.382. The molecule has 4 rings (SSSR count). The molecule has 1 saturated heterocycles. The Labute approximate surface area is 175 Å². The van der Waals surface area contributed by atoms with Gasteiger partial charge in [-0.15, -0.1) is 11.3 Å². The van der Waals surface area contributed by atoms with Gasteiger partial charge in [0.1, 0.15) is 5.76 Å². The lowest BCUT2D eigenvalue weighted by molar-refractivity contribution is -0.140. The van der Waals surface area contributed by atoms with Gasteiger partial charge in [0.15, 0.2) is 11.6 Å². The van der Waals surface area contributed by atoms with Crippen LogP contribution in [0.5, 0.6) is 5.75 Å². The summed E-state index contributed by atoms with van der Waals surface area (Å²) in [5.74, 6) is -2.64. The molecule has 1 aromatic carbocycles. The van der Waals surface area contributed by atoms with Gasteiger partial charge in [0.2, 0.25) is 0 Å². The summed E-state index contributed by atoms with van der Waals surface area (Å²) in [4.78, 5) is 31.9. The molecule has 3 heterocycles. The number of likely N-dealkylation sites (tertiary alicyclic amines) is 1. The minimum Gasteiger partial charge on any atom is -0.507 e. The molecule has 1 amide bonds. The number of Topliss-reactive ketones (excluding diaryl/α,β-unsaturated/α-hetero) is 1. The third-order valence-corrected chi connectivity index (χ3v) is 5.78. The fourth-order valence-corrected chi connectivity index (χ4v) is 4.29. The summed E-state index contributed by atoms with van der Waals surface area (Å²) in [7, 11) is 1.33. The number of ether oxygens (including phenoxy) is 1. The highest BCUT2D eigenvalue weighted by molar-refractivity contribution is 7.10. The van der Waals surface area contributed by atoms with E-state index in [0.717, 1.165) is 11.6 Å². The first kappa shape index (κ1) is 19.8.